The van der Waals surface area contributed by atoms with E-state index < -0.39 is 0 Å². The van der Waals surface area contributed by atoms with Crippen LogP contribution in [0.15, 0.2) is 37.1 Å². The molecule has 0 radical (unpaired) electrons. The number of hydrogen-bond donors (Lipinski definition) is 1. The largest absolute Gasteiger partial charge is 0.348 e. The Bertz CT molecular complexity index is 902. The maximum atomic E-state index is 4.53. The molecule has 4 rings (SSSR count). The average Bonchev–Trinajstić information content (AvgIpc) is 3.24. The summed E-state index contributed by atoms with van der Waals surface area (Å²) in [5, 5.41) is 8.81. The molecule has 0 unspecified atom stereocenters. The second-order valence-electron chi connectivity index (χ2n) is 4.97. The van der Waals surface area contributed by atoms with Gasteiger partial charge in [-0.1, -0.05) is 0 Å². The summed E-state index contributed by atoms with van der Waals surface area (Å²) in [7, 11) is 0. The average molecular weight is 294 g/mol. The fourth-order valence-electron chi connectivity index (χ4n) is 2.43. The Morgan fingerprint density at radius 3 is 3.09 bits per heavy atom. The van der Waals surface area contributed by atoms with Gasteiger partial charge in [0.2, 0.25) is 0 Å². The number of rotatable bonds is 4. The van der Waals surface area contributed by atoms with Crippen molar-refractivity contribution in [3.63, 3.8) is 0 Å². The standard InChI is InChI=1S/C14H14N8/c1-10-19-14(12-8-16-13-3-2-5-18-22(12)13)21(20-10)6-4-11-7-15-9-17-11/h2-3,5,7-9H,4,6H2,1H3,(H,15,17). The lowest BCUT2D eigenvalue weighted by molar-refractivity contribution is 0.608. The minimum Gasteiger partial charge on any atom is -0.348 e. The topological polar surface area (TPSA) is 89.6 Å². The number of aromatic amines is 1. The third kappa shape index (κ3) is 2.14. The summed E-state index contributed by atoms with van der Waals surface area (Å²) < 4.78 is 3.66. The number of nitrogens with one attached hydrogen (secondary N) is 1. The highest BCUT2D eigenvalue weighted by atomic mass is 15.4. The third-order valence-electron chi connectivity index (χ3n) is 3.43. The summed E-state index contributed by atoms with van der Waals surface area (Å²) in [4.78, 5) is 16.0. The second kappa shape index (κ2) is 5.06. The molecule has 4 aromatic heterocycles. The number of aryl methyl sites for hydroxylation is 3. The van der Waals surface area contributed by atoms with Crippen molar-refractivity contribution < 1.29 is 0 Å². The molecule has 8 nitrogen and oxygen atoms in total. The molecule has 0 aliphatic rings. The van der Waals surface area contributed by atoms with E-state index in [9.17, 15) is 0 Å². The number of hydrogen-bond acceptors (Lipinski definition) is 5. The summed E-state index contributed by atoms with van der Waals surface area (Å²) in [6, 6.07) is 3.77. The maximum absolute atomic E-state index is 4.53. The van der Waals surface area contributed by atoms with Crippen molar-refractivity contribution in [1.82, 2.24) is 39.3 Å². The van der Waals surface area contributed by atoms with E-state index >= 15 is 0 Å². The summed E-state index contributed by atoms with van der Waals surface area (Å²) in [5.74, 6) is 1.49. The van der Waals surface area contributed by atoms with Crippen LogP contribution in [-0.2, 0) is 13.0 Å². The van der Waals surface area contributed by atoms with Crippen molar-refractivity contribution in [2.45, 2.75) is 19.9 Å². The second-order valence-corrected chi connectivity index (χ2v) is 4.97. The van der Waals surface area contributed by atoms with Gasteiger partial charge in [-0.2, -0.15) is 10.2 Å². The van der Waals surface area contributed by atoms with Gasteiger partial charge in [0, 0.05) is 31.1 Å². The zero-order chi connectivity index (χ0) is 14.9. The van der Waals surface area contributed by atoms with Crippen molar-refractivity contribution in [3.05, 3.63) is 48.6 Å². The predicted molar refractivity (Wildman–Crippen MR) is 79.0 cm³/mol. The molecule has 0 bridgehead atoms. The highest BCUT2D eigenvalue weighted by Crippen LogP contribution is 2.18. The van der Waals surface area contributed by atoms with E-state index in [0.29, 0.717) is 6.54 Å². The SMILES string of the molecule is Cc1nc(-c2cnc3cccnn23)n(CCc2cnc[nH]2)n1. The van der Waals surface area contributed by atoms with Gasteiger partial charge >= 0.3 is 0 Å². The van der Waals surface area contributed by atoms with Crippen LogP contribution < -0.4 is 0 Å². The van der Waals surface area contributed by atoms with Crippen LogP contribution in [0.4, 0.5) is 0 Å². The van der Waals surface area contributed by atoms with Crippen LogP contribution in [0.5, 0.6) is 0 Å². The fourth-order valence-corrected chi connectivity index (χ4v) is 2.43. The Hall–Kier alpha value is -3.03. The normalized spacial score (nSPS) is 11.3. The van der Waals surface area contributed by atoms with Gasteiger partial charge in [0.1, 0.15) is 11.5 Å². The van der Waals surface area contributed by atoms with E-state index in [0.717, 1.165) is 35.1 Å². The summed E-state index contributed by atoms with van der Waals surface area (Å²) >= 11 is 0. The molecule has 0 amide bonds. The zero-order valence-corrected chi connectivity index (χ0v) is 12.0. The third-order valence-corrected chi connectivity index (χ3v) is 3.43. The molecule has 0 fully saturated rings. The van der Waals surface area contributed by atoms with Gasteiger partial charge in [-0.05, 0) is 19.1 Å². The summed E-state index contributed by atoms with van der Waals surface area (Å²) in [6.45, 7) is 2.59. The van der Waals surface area contributed by atoms with Crippen LogP contribution in [-0.4, -0.2) is 39.3 Å². The maximum Gasteiger partial charge on any atom is 0.178 e. The van der Waals surface area contributed by atoms with E-state index in [1.54, 1.807) is 23.2 Å². The number of fused-ring (bicyclic) bond motifs is 1. The molecule has 0 spiro atoms. The highest BCUT2D eigenvalue weighted by molar-refractivity contribution is 5.55. The lowest BCUT2D eigenvalue weighted by atomic mass is 10.3. The van der Waals surface area contributed by atoms with Crippen molar-refractivity contribution in [2.75, 3.05) is 0 Å². The molecule has 0 atom stereocenters. The van der Waals surface area contributed by atoms with Crippen LogP contribution in [0.3, 0.4) is 0 Å². The van der Waals surface area contributed by atoms with Gasteiger partial charge in [0.15, 0.2) is 11.5 Å². The summed E-state index contributed by atoms with van der Waals surface area (Å²) in [5.41, 5.74) is 2.69. The molecular weight excluding hydrogens is 280 g/mol. The van der Waals surface area contributed by atoms with Crippen molar-refractivity contribution in [1.29, 1.82) is 0 Å². The van der Waals surface area contributed by atoms with Gasteiger partial charge in [-0.15, -0.1) is 0 Å². The molecule has 4 heterocycles. The Morgan fingerprint density at radius 2 is 2.23 bits per heavy atom. The van der Waals surface area contributed by atoms with Gasteiger partial charge in [-0.3, -0.25) is 0 Å². The van der Waals surface area contributed by atoms with E-state index in [-0.39, 0.29) is 0 Å². The molecule has 0 saturated carbocycles. The highest BCUT2D eigenvalue weighted by Gasteiger charge is 2.15. The van der Waals surface area contributed by atoms with Crippen molar-refractivity contribution in [2.24, 2.45) is 0 Å². The number of nitrogens with zero attached hydrogens (tertiary/aromatic N) is 7. The smallest absolute Gasteiger partial charge is 0.178 e. The molecule has 4 aromatic rings. The van der Waals surface area contributed by atoms with Gasteiger partial charge in [0.25, 0.3) is 0 Å². The molecule has 0 aliphatic carbocycles. The number of H-pyrrole nitrogens is 1. The lowest BCUT2D eigenvalue weighted by Gasteiger charge is -2.04. The van der Waals surface area contributed by atoms with E-state index in [4.69, 9.17) is 0 Å². The molecular formula is C14H14N8. The number of imidazole rings is 2. The lowest BCUT2D eigenvalue weighted by Crippen LogP contribution is -2.07. The van der Waals surface area contributed by atoms with E-state index in [2.05, 4.69) is 30.1 Å². The Balaban J connectivity index is 1.72. The van der Waals surface area contributed by atoms with Crippen LogP contribution in [0, 0.1) is 6.92 Å². The summed E-state index contributed by atoms with van der Waals surface area (Å²) in [6.07, 6.45) is 7.81. The molecule has 0 saturated heterocycles. The van der Waals surface area contributed by atoms with Crippen molar-refractivity contribution >= 4 is 5.65 Å². The van der Waals surface area contributed by atoms with Crippen LogP contribution in [0.2, 0.25) is 0 Å². The molecule has 0 aromatic carbocycles. The first kappa shape index (κ1) is 12.7. The molecule has 0 aliphatic heterocycles. The van der Waals surface area contributed by atoms with E-state index in [1.165, 1.54) is 0 Å². The van der Waals surface area contributed by atoms with Gasteiger partial charge in [-0.25, -0.2) is 24.1 Å². The first-order valence-electron chi connectivity index (χ1n) is 6.99. The number of aromatic nitrogens is 8. The molecule has 110 valence electrons. The molecule has 22 heavy (non-hydrogen) atoms. The Morgan fingerprint density at radius 1 is 1.27 bits per heavy atom. The quantitative estimate of drug-likeness (QED) is 0.612. The Kier molecular flexibility index (Phi) is 2.92. The van der Waals surface area contributed by atoms with Crippen LogP contribution >= 0.6 is 0 Å². The monoisotopic (exact) mass is 294 g/mol. The molecule has 1 N–H and O–H groups in total. The predicted octanol–water partition coefficient (Wildman–Crippen LogP) is 1.26. The minimum atomic E-state index is 0.707. The van der Waals surface area contributed by atoms with E-state index in [1.807, 2.05) is 29.9 Å². The van der Waals surface area contributed by atoms with Gasteiger partial charge in [0.05, 0.1) is 12.5 Å². The first-order valence-corrected chi connectivity index (χ1v) is 6.99. The van der Waals surface area contributed by atoms with Crippen LogP contribution in [0.25, 0.3) is 17.2 Å². The zero-order valence-electron chi connectivity index (χ0n) is 12.0. The van der Waals surface area contributed by atoms with Crippen molar-refractivity contribution in [3.8, 4) is 11.5 Å². The fraction of sp³-hybridized carbons (Fsp3) is 0.214. The van der Waals surface area contributed by atoms with Crippen LogP contribution in [0.1, 0.15) is 11.5 Å². The first-order chi connectivity index (χ1) is 10.8. The Labute approximate surface area is 125 Å². The molecule has 8 heteroatoms. The minimum absolute atomic E-state index is 0.707. The van der Waals surface area contributed by atoms with Gasteiger partial charge < -0.3 is 4.98 Å².